The first-order valence-corrected chi connectivity index (χ1v) is 11.2. The maximum Gasteiger partial charge on any atom is 0.405 e. The van der Waals surface area contributed by atoms with Gasteiger partial charge in [0.25, 0.3) is 0 Å². The molecule has 0 aromatic carbocycles. The van der Waals surface area contributed by atoms with Crippen molar-refractivity contribution >= 4 is 17.0 Å². The van der Waals surface area contributed by atoms with Crippen molar-refractivity contribution in [3.63, 3.8) is 0 Å². The number of halogens is 3. The zero-order valence-electron chi connectivity index (χ0n) is 18.4. The number of rotatable bonds is 11. The van der Waals surface area contributed by atoms with Crippen LogP contribution in [0.25, 0.3) is 0 Å². The van der Waals surface area contributed by atoms with Crippen molar-refractivity contribution in [1.82, 2.24) is 4.72 Å². The summed E-state index contributed by atoms with van der Waals surface area (Å²) in [5.41, 5.74) is -0.893. The highest BCUT2D eigenvalue weighted by atomic mass is 32.2. The smallest absolute Gasteiger partial charge is 0.405 e. The molecule has 4 nitrogen and oxygen atoms in total. The van der Waals surface area contributed by atoms with Gasteiger partial charge in [-0.15, -0.1) is 0 Å². The summed E-state index contributed by atoms with van der Waals surface area (Å²) in [6, 6.07) is -2.21. The van der Waals surface area contributed by atoms with Crippen LogP contribution >= 0.6 is 0 Å². The highest BCUT2D eigenvalue weighted by molar-refractivity contribution is 7.84. The third-order valence-electron chi connectivity index (χ3n) is 4.12. The Balaban J connectivity index is 5.41. The molecule has 0 heterocycles. The van der Waals surface area contributed by atoms with Gasteiger partial charge in [0.15, 0.2) is 0 Å². The number of hydrogen-bond acceptors (Lipinski definition) is 3. The lowest BCUT2D eigenvalue weighted by Gasteiger charge is -2.32. The standard InChI is InChI=1S/C20H38F3NO3S/c1-8-9-10-11-12-13-14-15(17(25)27-18(2,3)4)16(20(21,22)23)24-28(26)19(5,6)7/h15-16,24H,8-14H2,1-7H3/t15-,16-,28-/m0/s1. The normalized spacial score (nSPS) is 16.5. The van der Waals surface area contributed by atoms with E-state index in [2.05, 4.69) is 11.6 Å². The zero-order valence-corrected chi connectivity index (χ0v) is 19.2. The number of alkyl halides is 3. The van der Waals surface area contributed by atoms with E-state index in [9.17, 15) is 22.2 Å². The van der Waals surface area contributed by atoms with Crippen LogP contribution in [0.4, 0.5) is 13.2 Å². The number of carbonyl (C=O) groups excluding carboxylic acids is 1. The predicted octanol–water partition coefficient (Wildman–Crippen LogP) is 5.68. The molecular weight excluding hydrogens is 391 g/mol. The lowest BCUT2D eigenvalue weighted by Crippen LogP contribution is -2.54. The second-order valence-corrected chi connectivity index (χ2v) is 11.2. The van der Waals surface area contributed by atoms with Crippen LogP contribution < -0.4 is 4.72 Å². The Kier molecular flexibility index (Phi) is 11.3. The van der Waals surface area contributed by atoms with Crippen LogP contribution in [0.1, 0.15) is 93.4 Å². The average molecular weight is 430 g/mol. The third-order valence-corrected chi connectivity index (χ3v) is 5.70. The first-order valence-electron chi connectivity index (χ1n) is 10.1. The van der Waals surface area contributed by atoms with Gasteiger partial charge < -0.3 is 4.74 Å². The van der Waals surface area contributed by atoms with Gasteiger partial charge in [-0.25, -0.2) is 8.93 Å². The summed E-state index contributed by atoms with van der Waals surface area (Å²) in [6.45, 7) is 11.7. The molecule has 0 unspecified atom stereocenters. The molecule has 0 spiro atoms. The van der Waals surface area contributed by atoms with Crippen LogP contribution in [0, 0.1) is 5.92 Å². The van der Waals surface area contributed by atoms with E-state index < -0.39 is 45.4 Å². The summed E-state index contributed by atoms with van der Waals surface area (Å²) in [5.74, 6) is -2.33. The van der Waals surface area contributed by atoms with Crippen LogP contribution in [0.3, 0.4) is 0 Å². The number of ether oxygens (including phenoxy) is 1. The quantitative estimate of drug-likeness (QED) is 0.340. The fraction of sp³-hybridized carbons (Fsp3) is 0.950. The van der Waals surface area contributed by atoms with Crippen molar-refractivity contribution < 1.29 is 26.9 Å². The van der Waals surface area contributed by atoms with E-state index in [1.54, 1.807) is 41.5 Å². The summed E-state index contributed by atoms with van der Waals surface area (Å²) in [6.07, 6.45) is 0.696. The van der Waals surface area contributed by atoms with Gasteiger partial charge >= 0.3 is 12.1 Å². The molecule has 0 aromatic heterocycles. The van der Waals surface area contributed by atoms with E-state index in [1.807, 2.05) is 0 Å². The third kappa shape index (κ3) is 11.4. The SMILES string of the molecule is CCCCCCCC[C@H](C(=O)OC(C)(C)C)[C@H](N[S@@](=O)C(C)(C)C)C(F)(F)F. The molecule has 3 atom stereocenters. The van der Waals surface area contributed by atoms with Crippen LogP contribution in [0.5, 0.6) is 0 Å². The van der Waals surface area contributed by atoms with E-state index in [-0.39, 0.29) is 6.42 Å². The fourth-order valence-corrected chi connectivity index (χ4v) is 3.49. The van der Waals surface area contributed by atoms with Gasteiger partial charge in [0, 0.05) is 0 Å². The van der Waals surface area contributed by atoms with Gasteiger partial charge in [-0.3, -0.25) is 4.79 Å². The summed E-state index contributed by atoms with van der Waals surface area (Å²) >= 11 is 0. The molecule has 0 radical (unpaired) electrons. The van der Waals surface area contributed by atoms with Gasteiger partial charge in [-0.1, -0.05) is 45.4 Å². The highest BCUT2D eigenvalue weighted by Crippen LogP contribution is 2.32. The molecular formula is C20H38F3NO3S. The Bertz CT molecular complexity index is 496. The Morgan fingerprint density at radius 2 is 1.46 bits per heavy atom. The molecule has 1 N–H and O–H groups in total. The van der Waals surface area contributed by atoms with E-state index in [0.717, 1.165) is 32.1 Å². The van der Waals surface area contributed by atoms with E-state index in [1.165, 1.54) is 0 Å². The molecule has 0 bridgehead atoms. The number of esters is 1. The molecule has 0 amide bonds. The molecule has 0 aliphatic heterocycles. The van der Waals surface area contributed by atoms with E-state index in [4.69, 9.17) is 4.74 Å². The zero-order chi connectivity index (χ0) is 22.2. The van der Waals surface area contributed by atoms with Gasteiger partial charge in [0.05, 0.1) is 21.7 Å². The average Bonchev–Trinajstić information content (AvgIpc) is 2.48. The Morgan fingerprint density at radius 1 is 0.964 bits per heavy atom. The minimum Gasteiger partial charge on any atom is -0.460 e. The van der Waals surface area contributed by atoms with Crippen LogP contribution in [-0.2, 0) is 20.5 Å². The number of carbonyl (C=O) groups is 1. The topological polar surface area (TPSA) is 55.4 Å². The lowest BCUT2D eigenvalue weighted by atomic mass is 9.92. The van der Waals surface area contributed by atoms with Crippen molar-refractivity contribution in [2.24, 2.45) is 5.92 Å². The monoisotopic (exact) mass is 429 g/mol. The number of hydrogen-bond donors (Lipinski definition) is 1. The lowest BCUT2D eigenvalue weighted by molar-refractivity contribution is -0.185. The van der Waals surface area contributed by atoms with Crippen LogP contribution in [0.15, 0.2) is 0 Å². The van der Waals surface area contributed by atoms with Crippen LogP contribution in [-0.4, -0.2) is 32.7 Å². The van der Waals surface area contributed by atoms with Gasteiger partial charge in [-0.05, 0) is 48.0 Å². The van der Waals surface area contributed by atoms with Crippen molar-refractivity contribution in [1.29, 1.82) is 0 Å². The predicted molar refractivity (Wildman–Crippen MR) is 108 cm³/mol. The molecule has 168 valence electrons. The fourth-order valence-electron chi connectivity index (χ4n) is 2.61. The Labute approximate surface area is 171 Å². The van der Waals surface area contributed by atoms with Gasteiger partial charge in [-0.2, -0.15) is 13.2 Å². The second kappa shape index (κ2) is 11.5. The maximum absolute atomic E-state index is 13.8. The maximum atomic E-state index is 13.8. The molecule has 0 saturated heterocycles. The molecule has 0 aliphatic rings. The first kappa shape index (κ1) is 27.4. The molecule has 0 saturated carbocycles. The molecule has 0 rings (SSSR count). The minimum atomic E-state index is -4.72. The Hall–Kier alpha value is -0.630. The molecule has 0 aromatic rings. The number of nitrogens with one attached hydrogen (secondary N) is 1. The molecule has 0 fully saturated rings. The summed E-state index contributed by atoms with van der Waals surface area (Å²) in [5, 5.41) is 0. The van der Waals surface area contributed by atoms with Crippen molar-refractivity contribution in [3.8, 4) is 0 Å². The van der Waals surface area contributed by atoms with Crippen LogP contribution in [0.2, 0.25) is 0 Å². The first-order chi connectivity index (χ1) is 12.6. The minimum absolute atomic E-state index is 0.0412. The second-order valence-electron chi connectivity index (χ2n) is 9.21. The van der Waals surface area contributed by atoms with Crippen molar-refractivity contribution in [2.75, 3.05) is 0 Å². The summed E-state index contributed by atoms with van der Waals surface area (Å²) in [4.78, 5) is 12.6. The van der Waals surface area contributed by atoms with Gasteiger partial charge in [0.1, 0.15) is 11.6 Å². The molecule has 0 aliphatic carbocycles. The largest absolute Gasteiger partial charge is 0.460 e. The van der Waals surface area contributed by atoms with E-state index >= 15 is 0 Å². The Morgan fingerprint density at radius 3 is 1.89 bits per heavy atom. The molecule has 8 heteroatoms. The van der Waals surface area contributed by atoms with Crippen molar-refractivity contribution in [2.45, 2.75) is 116 Å². The van der Waals surface area contributed by atoms with Crippen molar-refractivity contribution in [3.05, 3.63) is 0 Å². The van der Waals surface area contributed by atoms with E-state index in [0.29, 0.717) is 6.42 Å². The summed E-state index contributed by atoms with van der Waals surface area (Å²) in [7, 11) is -1.96. The van der Waals surface area contributed by atoms with Gasteiger partial charge in [0.2, 0.25) is 0 Å². The summed E-state index contributed by atoms with van der Waals surface area (Å²) < 4.78 is 60.2. The highest BCUT2D eigenvalue weighted by Gasteiger charge is 2.49. The molecule has 28 heavy (non-hydrogen) atoms. The number of unbranched alkanes of at least 4 members (excludes halogenated alkanes) is 5.